The molecule has 5 nitrogen and oxygen atoms in total. The van der Waals surface area contributed by atoms with Crippen molar-refractivity contribution >= 4 is 5.97 Å². The molecule has 19 heavy (non-hydrogen) atoms. The zero-order valence-electron chi connectivity index (χ0n) is 11.1. The molecule has 0 bridgehead atoms. The van der Waals surface area contributed by atoms with Crippen LogP contribution in [-0.2, 0) is 0 Å². The van der Waals surface area contributed by atoms with E-state index in [1.165, 1.54) is 6.07 Å². The van der Waals surface area contributed by atoms with Gasteiger partial charge in [0.2, 0.25) is 0 Å². The van der Waals surface area contributed by atoms with Gasteiger partial charge < -0.3 is 9.84 Å². The van der Waals surface area contributed by atoms with E-state index in [-0.39, 0.29) is 11.8 Å². The van der Waals surface area contributed by atoms with Gasteiger partial charge in [-0.1, -0.05) is 0 Å². The standard InChI is InChI=1S/C14H16N2O3/c1-8(2)19-13-5-4-10(6-9(13)3)11-7-12(14(17)18)16-15-11/h4-8H,1-3H3,(H,15,16)(H,17,18). The van der Waals surface area contributed by atoms with E-state index in [2.05, 4.69) is 10.2 Å². The number of hydrogen-bond donors (Lipinski definition) is 2. The number of aromatic amines is 1. The van der Waals surface area contributed by atoms with Gasteiger partial charge in [0.15, 0.2) is 0 Å². The van der Waals surface area contributed by atoms with E-state index in [1.54, 1.807) is 0 Å². The minimum Gasteiger partial charge on any atom is -0.491 e. The van der Waals surface area contributed by atoms with Gasteiger partial charge in [-0.15, -0.1) is 0 Å². The summed E-state index contributed by atoms with van der Waals surface area (Å²) in [4.78, 5) is 10.8. The summed E-state index contributed by atoms with van der Waals surface area (Å²) in [5.41, 5.74) is 2.54. The summed E-state index contributed by atoms with van der Waals surface area (Å²) in [5, 5.41) is 15.3. The van der Waals surface area contributed by atoms with E-state index in [9.17, 15) is 4.79 Å². The summed E-state index contributed by atoms with van der Waals surface area (Å²) in [6.07, 6.45) is 0.119. The number of rotatable bonds is 4. The molecule has 1 heterocycles. The van der Waals surface area contributed by atoms with E-state index in [0.29, 0.717) is 5.69 Å². The zero-order chi connectivity index (χ0) is 14.0. The molecule has 0 aliphatic rings. The molecule has 0 unspecified atom stereocenters. The molecule has 2 aromatic rings. The third-order valence-electron chi connectivity index (χ3n) is 2.64. The van der Waals surface area contributed by atoms with Gasteiger partial charge in [-0.2, -0.15) is 5.10 Å². The molecule has 0 amide bonds. The second kappa shape index (κ2) is 5.14. The minimum absolute atomic E-state index is 0.0789. The number of aromatic carboxylic acids is 1. The van der Waals surface area contributed by atoms with Crippen LogP contribution < -0.4 is 4.74 Å². The first-order chi connectivity index (χ1) is 8.97. The van der Waals surface area contributed by atoms with Crippen molar-refractivity contribution in [2.24, 2.45) is 0 Å². The smallest absolute Gasteiger partial charge is 0.353 e. The molecule has 5 heteroatoms. The largest absolute Gasteiger partial charge is 0.491 e. The van der Waals surface area contributed by atoms with Crippen molar-refractivity contribution in [3.63, 3.8) is 0 Å². The highest BCUT2D eigenvalue weighted by Gasteiger charge is 2.10. The summed E-state index contributed by atoms with van der Waals surface area (Å²) in [6, 6.07) is 7.19. The summed E-state index contributed by atoms with van der Waals surface area (Å²) >= 11 is 0. The van der Waals surface area contributed by atoms with Gasteiger partial charge in [-0.05, 0) is 50.6 Å². The Kier molecular flexibility index (Phi) is 3.55. The van der Waals surface area contributed by atoms with Crippen LogP contribution in [0.5, 0.6) is 5.75 Å². The zero-order valence-corrected chi connectivity index (χ0v) is 11.1. The van der Waals surface area contributed by atoms with Crippen LogP contribution in [0.1, 0.15) is 29.9 Å². The first kappa shape index (κ1) is 13.1. The lowest BCUT2D eigenvalue weighted by Crippen LogP contribution is -2.06. The number of benzene rings is 1. The number of aromatic nitrogens is 2. The predicted octanol–water partition coefficient (Wildman–Crippen LogP) is 2.87. The Morgan fingerprint density at radius 1 is 1.37 bits per heavy atom. The molecule has 1 aromatic heterocycles. The van der Waals surface area contributed by atoms with Gasteiger partial charge in [0.05, 0.1) is 11.8 Å². The lowest BCUT2D eigenvalue weighted by molar-refractivity contribution is 0.0690. The highest BCUT2D eigenvalue weighted by atomic mass is 16.5. The lowest BCUT2D eigenvalue weighted by Gasteiger charge is -2.12. The number of nitrogens with one attached hydrogen (secondary N) is 1. The molecule has 0 saturated heterocycles. The Hall–Kier alpha value is -2.30. The molecule has 0 saturated carbocycles. The number of carboxylic acids is 1. The second-order valence-electron chi connectivity index (χ2n) is 4.62. The molecule has 1 aromatic carbocycles. The Balaban J connectivity index is 2.30. The van der Waals surface area contributed by atoms with Crippen molar-refractivity contribution in [1.29, 1.82) is 0 Å². The van der Waals surface area contributed by atoms with E-state index >= 15 is 0 Å². The Morgan fingerprint density at radius 2 is 2.11 bits per heavy atom. The quantitative estimate of drug-likeness (QED) is 0.886. The van der Waals surface area contributed by atoms with Gasteiger partial charge >= 0.3 is 5.97 Å². The SMILES string of the molecule is Cc1cc(-c2cc(C(=O)O)[nH]n2)ccc1OC(C)C. The van der Waals surface area contributed by atoms with Crippen LogP contribution in [0.2, 0.25) is 0 Å². The number of H-pyrrole nitrogens is 1. The van der Waals surface area contributed by atoms with Gasteiger partial charge in [0, 0.05) is 5.56 Å². The van der Waals surface area contributed by atoms with Crippen molar-refractivity contribution in [3.8, 4) is 17.0 Å². The molecular weight excluding hydrogens is 244 g/mol. The second-order valence-corrected chi connectivity index (χ2v) is 4.62. The average Bonchev–Trinajstić information content (AvgIpc) is 2.80. The fourth-order valence-electron chi connectivity index (χ4n) is 1.77. The predicted molar refractivity (Wildman–Crippen MR) is 71.5 cm³/mol. The molecule has 0 radical (unpaired) electrons. The number of aryl methyl sites for hydroxylation is 1. The molecular formula is C14H16N2O3. The molecule has 0 fully saturated rings. The molecule has 0 aliphatic carbocycles. The summed E-state index contributed by atoms with van der Waals surface area (Å²) in [5.74, 6) is -0.192. The van der Waals surface area contributed by atoms with Crippen LogP contribution in [0, 0.1) is 6.92 Å². The number of ether oxygens (including phenoxy) is 1. The number of nitrogens with zero attached hydrogens (tertiary/aromatic N) is 1. The maximum absolute atomic E-state index is 10.8. The van der Waals surface area contributed by atoms with Crippen LogP contribution in [-0.4, -0.2) is 27.4 Å². The number of hydrogen-bond acceptors (Lipinski definition) is 3. The summed E-state index contributed by atoms with van der Waals surface area (Å²) in [6.45, 7) is 5.90. The maximum Gasteiger partial charge on any atom is 0.353 e. The van der Waals surface area contributed by atoms with Crippen molar-refractivity contribution in [2.75, 3.05) is 0 Å². The Labute approximate surface area is 111 Å². The van der Waals surface area contributed by atoms with E-state index in [1.807, 2.05) is 39.0 Å². The van der Waals surface area contributed by atoms with Crippen LogP contribution in [0.25, 0.3) is 11.3 Å². The summed E-state index contributed by atoms with van der Waals surface area (Å²) < 4.78 is 5.66. The molecule has 100 valence electrons. The summed E-state index contributed by atoms with van der Waals surface area (Å²) in [7, 11) is 0. The number of carbonyl (C=O) groups is 1. The molecule has 0 spiro atoms. The maximum atomic E-state index is 10.8. The van der Waals surface area contributed by atoms with Crippen LogP contribution >= 0.6 is 0 Å². The third-order valence-corrected chi connectivity index (χ3v) is 2.64. The minimum atomic E-state index is -1.02. The first-order valence-electron chi connectivity index (χ1n) is 6.03. The van der Waals surface area contributed by atoms with Crippen molar-refractivity contribution < 1.29 is 14.6 Å². The van der Waals surface area contributed by atoms with Gasteiger partial charge in [0.25, 0.3) is 0 Å². The van der Waals surface area contributed by atoms with Crippen LogP contribution in [0.15, 0.2) is 24.3 Å². The topological polar surface area (TPSA) is 75.2 Å². The Bertz CT molecular complexity index is 602. The lowest BCUT2D eigenvalue weighted by atomic mass is 10.1. The van der Waals surface area contributed by atoms with Crippen LogP contribution in [0.3, 0.4) is 0 Å². The highest BCUT2D eigenvalue weighted by Crippen LogP contribution is 2.26. The van der Waals surface area contributed by atoms with E-state index in [4.69, 9.17) is 9.84 Å². The monoisotopic (exact) mass is 260 g/mol. The first-order valence-corrected chi connectivity index (χ1v) is 6.03. The Morgan fingerprint density at radius 3 is 2.63 bits per heavy atom. The van der Waals surface area contributed by atoms with Crippen LogP contribution in [0.4, 0.5) is 0 Å². The molecule has 2 rings (SSSR count). The fourth-order valence-corrected chi connectivity index (χ4v) is 1.77. The van der Waals surface area contributed by atoms with Crippen molar-refractivity contribution in [3.05, 3.63) is 35.5 Å². The average molecular weight is 260 g/mol. The van der Waals surface area contributed by atoms with Crippen molar-refractivity contribution in [2.45, 2.75) is 26.9 Å². The number of carboxylic acid groups (broad SMARTS) is 1. The molecule has 2 N–H and O–H groups in total. The highest BCUT2D eigenvalue weighted by molar-refractivity contribution is 5.86. The van der Waals surface area contributed by atoms with Crippen molar-refractivity contribution in [1.82, 2.24) is 10.2 Å². The van der Waals surface area contributed by atoms with E-state index < -0.39 is 5.97 Å². The molecule has 0 aliphatic heterocycles. The van der Waals surface area contributed by atoms with Gasteiger partial charge in [0.1, 0.15) is 11.4 Å². The van der Waals surface area contributed by atoms with Gasteiger partial charge in [-0.25, -0.2) is 4.79 Å². The normalized spacial score (nSPS) is 10.7. The fraction of sp³-hybridized carbons (Fsp3) is 0.286. The van der Waals surface area contributed by atoms with E-state index in [0.717, 1.165) is 16.9 Å². The third kappa shape index (κ3) is 2.93. The van der Waals surface area contributed by atoms with Gasteiger partial charge in [-0.3, -0.25) is 5.10 Å². The molecule has 0 atom stereocenters.